The van der Waals surface area contributed by atoms with Gasteiger partial charge in [-0.3, -0.25) is 4.90 Å². The van der Waals surface area contributed by atoms with Gasteiger partial charge in [-0.05, 0) is 31.0 Å². The summed E-state index contributed by atoms with van der Waals surface area (Å²) in [5.74, 6) is 0.122. The summed E-state index contributed by atoms with van der Waals surface area (Å²) in [5.41, 5.74) is 0.248. The van der Waals surface area contributed by atoms with Crippen LogP contribution in [0.5, 0.6) is 0 Å². The molecule has 1 saturated heterocycles. The van der Waals surface area contributed by atoms with Gasteiger partial charge in [0, 0.05) is 32.4 Å². The highest BCUT2D eigenvalue weighted by Crippen LogP contribution is 2.28. The SMILES string of the molecule is CN(c1nccc(C(F)(F)F)n1)C1CCCN(C/C=C/c2ccccc2)C1. The highest BCUT2D eigenvalue weighted by molar-refractivity contribution is 5.48. The molecule has 1 fully saturated rings. The first-order valence-electron chi connectivity index (χ1n) is 9.00. The zero-order valence-corrected chi connectivity index (χ0v) is 15.2. The van der Waals surface area contributed by atoms with Crippen LogP contribution in [0.3, 0.4) is 0 Å². The van der Waals surface area contributed by atoms with Crippen LogP contribution in [0.25, 0.3) is 6.08 Å². The Balaban J connectivity index is 1.61. The van der Waals surface area contributed by atoms with Gasteiger partial charge in [0.2, 0.25) is 5.95 Å². The van der Waals surface area contributed by atoms with Crippen LogP contribution in [-0.2, 0) is 6.18 Å². The van der Waals surface area contributed by atoms with Crippen LogP contribution in [0.2, 0.25) is 0 Å². The highest BCUT2D eigenvalue weighted by Gasteiger charge is 2.33. The second kappa shape index (κ2) is 8.52. The van der Waals surface area contributed by atoms with E-state index in [0.717, 1.165) is 44.1 Å². The normalized spacial score (nSPS) is 18.7. The maximum Gasteiger partial charge on any atom is 0.433 e. The molecule has 0 spiro atoms. The van der Waals surface area contributed by atoms with Crippen LogP contribution in [0.15, 0.2) is 48.7 Å². The van der Waals surface area contributed by atoms with E-state index in [2.05, 4.69) is 27.0 Å². The van der Waals surface area contributed by atoms with E-state index >= 15 is 0 Å². The van der Waals surface area contributed by atoms with Crippen LogP contribution in [0.1, 0.15) is 24.1 Å². The van der Waals surface area contributed by atoms with E-state index in [1.165, 1.54) is 6.20 Å². The quantitative estimate of drug-likeness (QED) is 0.786. The molecule has 0 N–H and O–H groups in total. The van der Waals surface area contributed by atoms with Crippen molar-refractivity contribution in [2.24, 2.45) is 0 Å². The number of anilines is 1. The minimum Gasteiger partial charge on any atom is -0.340 e. The van der Waals surface area contributed by atoms with Crippen LogP contribution in [0, 0.1) is 0 Å². The molecule has 1 aromatic heterocycles. The Morgan fingerprint density at radius 3 is 2.74 bits per heavy atom. The van der Waals surface area contributed by atoms with Gasteiger partial charge < -0.3 is 4.90 Å². The number of alkyl halides is 3. The molecule has 1 aromatic carbocycles. The van der Waals surface area contributed by atoms with Crippen molar-refractivity contribution in [1.29, 1.82) is 0 Å². The van der Waals surface area contributed by atoms with Crippen molar-refractivity contribution in [3.8, 4) is 0 Å². The largest absolute Gasteiger partial charge is 0.433 e. The van der Waals surface area contributed by atoms with Gasteiger partial charge in [-0.2, -0.15) is 13.2 Å². The number of piperidine rings is 1. The molecular weight excluding hydrogens is 353 g/mol. The molecule has 2 heterocycles. The van der Waals surface area contributed by atoms with Gasteiger partial charge in [-0.15, -0.1) is 0 Å². The predicted molar refractivity (Wildman–Crippen MR) is 100 cm³/mol. The number of rotatable bonds is 5. The predicted octanol–water partition coefficient (Wildman–Crippen LogP) is 4.11. The molecule has 1 unspecified atom stereocenters. The number of benzene rings is 1. The second-order valence-electron chi connectivity index (χ2n) is 6.72. The average molecular weight is 376 g/mol. The van der Waals surface area contributed by atoms with E-state index in [1.54, 1.807) is 11.9 Å². The summed E-state index contributed by atoms with van der Waals surface area (Å²) in [5, 5.41) is 0. The van der Waals surface area contributed by atoms with Gasteiger partial charge in [0.25, 0.3) is 0 Å². The molecule has 2 aromatic rings. The second-order valence-corrected chi connectivity index (χ2v) is 6.72. The molecule has 1 aliphatic heterocycles. The van der Waals surface area contributed by atoms with Crippen LogP contribution < -0.4 is 4.90 Å². The third-order valence-electron chi connectivity index (χ3n) is 4.75. The number of likely N-dealkylation sites (tertiary alicyclic amines) is 1. The van der Waals surface area contributed by atoms with Crippen LogP contribution in [0.4, 0.5) is 19.1 Å². The molecule has 0 bridgehead atoms. The van der Waals surface area contributed by atoms with E-state index in [1.807, 2.05) is 30.3 Å². The van der Waals surface area contributed by atoms with E-state index < -0.39 is 11.9 Å². The van der Waals surface area contributed by atoms with Crippen molar-refractivity contribution in [2.75, 3.05) is 31.6 Å². The Labute approximate surface area is 157 Å². The fraction of sp³-hybridized carbons (Fsp3) is 0.400. The first-order chi connectivity index (χ1) is 12.9. The molecule has 4 nitrogen and oxygen atoms in total. The first-order valence-corrected chi connectivity index (χ1v) is 9.00. The van der Waals surface area contributed by atoms with E-state index in [9.17, 15) is 13.2 Å². The maximum atomic E-state index is 12.9. The standard InChI is InChI=1S/C20H23F3N4/c1-26(19-24-12-11-18(25-19)20(21,22)23)17-10-6-14-27(15-17)13-5-9-16-7-3-2-4-8-16/h2-5,7-9,11-12,17H,6,10,13-15H2,1H3/b9-5+. The summed E-state index contributed by atoms with van der Waals surface area (Å²) in [6.45, 7) is 2.56. The average Bonchev–Trinajstić information content (AvgIpc) is 2.68. The number of halogens is 3. The molecule has 0 radical (unpaired) electrons. The van der Waals surface area contributed by atoms with Crippen molar-refractivity contribution in [2.45, 2.75) is 25.1 Å². The summed E-state index contributed by atoms with van der Waals surface area (Å²) >= 11 is 0. The number of likely N-dealkylation sites (N-methyl/N-ethyl adjacent to an activating group) is 1. The van der Waals surface area contributed by atoms with Crippen molar-refractivity contribution >= 4 is 12.0 Å². The smallest absolute Gasteiger partial charge is 0.340 e. The minimum atomic E-state index is -4.46. The lowest BCUT2D eigenvalue weighted by Crippen LogP contribution is -2.47. The van der Waals surface area contributed by atoms with E-state index in [0.29, 0.717) is 0 Å². The van der Waals surface area contributed by atoms with Crippen LogP contribution in [-0.4, -0.2) is 47.6 Å². The Kier molecular flexibility index (Phi) is 6.11. The highest BCUT2D eigenvalue weighted by atomic mass is 19.4. The lowest BCUT2D eigenvalue weighted by molar-refractivity contribution is -0.141. The molecule has 1 atom stereocenters. The fourth-order valence-corrected chi connectivity index (χ4v) is 3.25. The lowest BCUT2D eigenvalue weighted by Gasteiger charge is -2.37. The molecular formula is C20H23F3N4. The van der Waals surface area contributed by atoms with Crippen molar-refractivity contribution in [3.05, 3.63) is 59.9 Å². The van der Waals surface area contributed by atoms with E-state index in [4.69, 9.17) is 0 Å². The topological polar surface area (TPSA) is 32.3 Å². The molecule has 0 saturated carbocycles. The lowest BCUT2D eigenvalue weighted by atomic mass is 10.0. The number of aromatic nitrogens is 2. The van der Waals surface area contributed by atoms with E-state index in [-0.39, 0.29) is 12.0 Å². The van der Waals surface area contributed by atoms with Crippen molar-refractivity contribution < 1.29 is 13.2 Å². The molecule has 7 heteroatoms. The minimum absolute atomic E-state index is 0.0901. The maximum absolute atomic E-state index is 12.9. The van der Waals surface area contributed by atoms with Gasteiger partial charge in [0.1, 0.15) is 5.69 Å². The van der Waals surface area contributed by atoms with Crippen molar-refractivity contribution in [3.63, 3.8) is 0 Å². The summed E-state index contributed by atoms with van der Waals surface area (Å²) < 4.78 is 38.7. The molecule has 27 heavy (non-hydrogen) atoms. The monoisotopic (exact) mass is 376 g/mol. The summed E-state index contributed by atoms with van der Waals surface area (Å²) in [6.07, 6.45) is 2.83. The molecule has 0 aliphatic carbocycles. The van der Waals surface area contributed by atoms with Gasteiger partial charge in [-0.1, -0.05) is 42.5 Å². The van der Waals surface area contributed by atoms with Crippen molar-refractivity contribution in [1.82, 2.24) is 14.9 Å². The number of hydrogen-bond acceptors (Lipinski definition) is 4. The number of hydrogen-bond donors (Lipinski definition) is 0. The molecule has 3 rings (SSSR count). The first kappa shape index (κ1) is 19.4. The molecule has 144 valence electrons. The molecule has 1 aliphatic rings. The molecule has 0 amide bonds. The third-order valence-corrected chi connectivity index (χ3v) is 4.75. The summed E-state index contributed by atoms with van der Waals surface area (Å²) in [6, 6.07) is 11.1. The fourth-order valence-electron chi connectivity index (χ4n) is 3.25. The number of nitrogens with zero attached hydrogens (tertiary/aromatic N) is 4. The zero-order valence-electron chi connectivity index (χ0n) is 15.2. The van der Waals surface area contributed by atoms with Gasteiger partial charge in [-0.25, -0.2) is 9.97 Å². The Morgan fingerprint density at radius 1 is 1.22 bits per heavy atom. The Bertz CT molecular complexity index is 761. The Hall–Kier alpha value is -2.41. The van der Waals surface area contributed by atoms with Gasteiger partial charge in [0.15, 0.2) is 0 Å². The third kappa shape index (κ3) is 5.29. The van der Waals surface area contributed by atoms with Gasteiger partial charge >= 0.3 is 6.18 Å². The van der Waals surface area contributed by atoms with Crippen LogP contribution >= 0.6 is 0 Å². The summed E-state index contributed by atoms with van der Waals surface area (Å²) in [7, 11) is 1.77. The van der Waals surface area contributed by atoms with Gasteiger partial charge in [0.05, 0.1) is 0 Å². The zero-order chi connectivity index (χ0) is 19.3. The summed E-state index contributed by atoms with van der Waals surface area (Å²) in [4.78, 5) is 11.8. The Morgan fingerprint density at radius 2 is 2.00 bits per heavy atom.